The maximum absolute atomic E-state index is 8.89. The lowest BCUT2D eigenvalue weighted by Crippen LogP contribution is -2.11. The number of nitriles is 1. The maximum Gasteiger partial charge on any atom is 0.0982 e. The number of thiol groups is 1. The Kier molecular flexibility index (Phi) is 3.91. The van der Waals surface area contributed by atoms with Crippen molar-refractivity contribution in [1.29, 1.82) is 5.26 Å². The summed E-state index contributed by atoms with van der Waals surface area (Å²) in [6.45, 7) is 3.81. The summed E-state index contributed by atoms with van der Waals surface area (Å²) in [6, 6.07) is 12.3. The Morgan fingerprint density at radius 3 is 2.43 bits per heavy atom. The molecule has 1 rings (SSSR count). The van der Waals surface area contributed by atoms with E-state index in [2.05, 4.69) is 18.7 Å². The first-order chi connectivity index (χ1) is 6.55. The minimum absolute atomic E-state index is 0.0610. The molecule has 0 fully saturated rings. The molecule has 1 aromatic carbocycles. The van der Waals surface area contributed by atoms with Crippen LogP contribution in [-0.4, -0.2) is 4.75 Å². The summed E-state index contributed by atoms with van der Waals surface area (Å²) in [7, 11) is 0. The van der Waals surface area contributed by atoms with Crippen molar-refractivity contribution >= 4 is 24.4 Å². The molecule has 1 atom stereocenters. The molecule has 0 aliphatic rings. The van der Waals surface area contributed by atoms with Crippen LogP contribution in [0.3, 0.4) is 0 Å². The van der Waals surface area contributed by atoms with Crippen molar-refractivity contribution < 1.29 is 0 Å². The van der Waals surface area contributed by atoms with Gasteiger partial charge in [0, 0.05) is 0 Å². The van der Waals surface area contributed by atoms with E-state index >= 15 is 0 Å². The average Bonchev–Trinajstić information content (AvgIpc) is 2.19. The molecule has 1 nitrogen and oxygen atoms in total. The summed E-state index contributed by atoms with van der Waals surface area (Å²) >= 11 is 6.04. The summed E-state index contributed by atoms with van der Waals surface area (Å²) in [5, 5.41) is 8.89. The molecule has 0 amide bonds. The monoisotopic (exact) mass is 223 g/mol. The van der Waals surface area contributed by atoms with E-state index in [9.17, 15) is 0 Å². The van der Waals surface area contributed by atoms with Gasteiger partial charge < -0.3 is 0 Å². The number of thioether (sulfide) groups is 1. The molecule has 0 bridgehead atoms. The van der Waals surface area contributed by atoms with Crippen LogP contribution in [0.2, 0.25) is 0 Å². The minimum Gasteiger partial charge on any atom is -0.197 e. The van der Waals surface area contributed by atoms with E-state index in [0.29, 0.717) is 0 Å². The SMILES string of the molecule is CC(C)(C#N)SC(S)c1ccccc1. The van der Waals surface area contributed by atoms with Gasteiger partial charge >= 0.3 is 0 Å². The zero-order chi connectivity index (χ0) is 10.6. The molecule has 0 aromatic heterocycles. The molecule has 0 aliphatic carbocycles. The third-order valence-electron chi connectivity index (χ3n) is 1.76. The second-order valence-corrected chi connectivity index (χ2v) is 6.10. The van der Waals surface area contributed by atoms with Crippen molar-refractivity contribution in [1.82, 2.24) is 0 Å². The molecule has 1 aromatic rings. The van der Waals surface area contributed by atoms with Crippen molar-refractivity contribution in [3.8, 4) is 6.07 Å². The van der Waals surface area contributed by atoms with Gasteiger partial charge in [0.15, 0.2) is 0 Å². The summed E-state index contributed by atoms with van der Waals surface area (Å²) in [4.78, 5) is 0. The van der Waals surface area contributed by atoms with E-state index in [1.807, 2.05) is 44.2 Å². The Balaban J connectivity index is 2.70. The minimum atomic E-state index is -0.387. The molecule has 0 saturated carbocycles. The Morgan fingerprint density at radius 1 is 1.36 bits per heavy atom. The number of hydrogen-bond donors (Lipinski definition) is 1. The lowest BCUT2D eigenvalue weighted by atomic mass is 10.2. The topological polar surface area (TPSA) is 23.8 Å². The second-order valence-electron chi connectivity index (χ2n) is 3.50. The van der Waals surface area contributed by atoms with Crippen molar-refractivity contribution in [2.75, 3.05) is 0 Å². The van der Waals surface area contributed by atoms with Gasteiger partial charge in [-0.1, -0.05) is 30.3 Å². The maximum atomic E-state index is 8.89. The summed E-state index contributed by atoms with van der Waals surface area (Å²) in [5.74, 6) is 0. The van der Waals surface area contributed by atoms with Gasteiger partial charge in [0.25, 0.3) is 0 Å². The van der Waals surface area contributed by atoms with Gasteiger partial charge in [0.2, 0.25) is 0 Å². The van der Waals surface area contributed by atoms with E-state index in [1.54, 1.807) is 11.8 Å². The van der Waals surface area contributed by atoms with Gasteiger partial charge in [0.1, 0.15) is 0 Å². The van der Waals surface area contributed by atoms with E-state index in [-0.39, 0.29) is 9.33 Å². The smallest absolute Gasteiger partial charge is 0.0982 e. The molecule has 14 heavy (non-hydrogen) atoms. The van der Waals surface area contributed by atoms with Gasteiger partial charge in [0.05, 0.1) is 15.4 Å². The molecule has 0 spiro atoms. The standard InChI is InChI=1S/C11H13NS2/c1-11(2,8-12)14-10(13)9-6-4-3-5-7-9/h3-7,10,13H,1-2H3. The Labute approximate surface area is 94.9 Å². The molecule has 74 valence electrons. The highest BCUT2D eigenvalue weighted by Crippen LogP contribution is 2.40. The van der Waals surface area contributed by atoms with E-state index < -0.39 is 0 Å². The van der Waals surface area contributed by atoms with Crippen LogP contribution in [0.25, 0.3) is 0 Å². The average molecular weight is 223 g/mol. The normalized spacial score (nSPS) is 13.3. The second kappa shape index (κ2) is 4.77. The largest absolute Gasteiger partial charge is 0.197 e. The quantitative estimate of drug-likeness (QED) is 0.624. The van der Waals surface area contributed by atoms with Crippen LogP contribution in [-0.2, 0) is 0 Å². The van der Waals surface area contributed by atoms with Gasteiger partial charge in [-0.05, 0) is 19.4 Å². The number of hydrogen-bond acceptors (Lipinski definition) is 3. The van der Waals surface area contributed by atoms with Crippen molar-refractivity contribution in [3.63, 3.8) is 0 Å². The molecule has 0 radical (unpaired) electrons. The first-order valence-corrected chi connectivity index (χ1v) is 5.77. The van der Waals surface area contributed by atoms with E-state index in [4.69, 9.17) is 5.26 Å². The molecular weight excluding hydrogens is 210 g/mol. The van der Waals surface area contributed by atoms with Gasteiger partial charge in [-0.25, -0.2) is 0 Å². The van der Waals surface area contributed by atoms with Crippen LogP contribution in [0.1, 0.15) is 24.0 Å². The van der Waals surface area contributed by atoms with Crippen molar-refractivity contribution in [2.45, 2.75) is 23.2 Å². The highest BCUT2D eigenvalue weighted by atomic mass is 32.2. The molecule has 3 heteroatoms. The fourth-order valence-electron chi connectivity index (χ4n) is 0.991. The van der Waals surface area contributed by atoms with Crippen molar-refractivity contribution in [2.24, 2.45) is 0 Å². The van der Waals surface area contributed by atoms with Crippen LogP contribution in [0.5, 0.6) is 0 Å². The number of rotatable bonds is 3. The Bertz CT molecular complexity index is 327. The van der Waals surface area contributed by atoms with Gasteiger partial charge in [-0.2, -0.15) is 17.9 Å². The van der Waals surface area contributed by atoms with Crippen LogP contribution in [0.4, 0.5) is 0 Å². The fourth-order valence-corrected chi connectivity index (χ4v) is 2.86. The highest BCUT2D eigenvalue weighted by molar-refractivity contribution is 8.10. The number of benzene rings is 1. The predicted molar refractivity (Wildman–Crippen MR) is 65.5 cm³/mol. The van der Waals surface area contributed by atoms with Crippen LogP contribution in [0, 0.1) is 11.3 Å². The molecular formula is C11H13NS2. The number of nitrogens with zero attached hydrogens (tertiary/aromatic N) is 1. The Morgan fingerprint density at radius 2 is 1.93 bits per heavy atom. The van der Waals surface area contributed by atoms with Crippen LogP contribution >= 0.6 is 24.4 Å². The zero-order valence-electron chi connectivity index (χ0n) is 8.27. The van der Waals surface area contributed by atoms with Gasteiger partial charge in [-0.15, -0.1) is 11.8 Å². The van der Waals surface area contributed by atoms with Crippen LogP contribution < -0.4 is 0 Å². The van der Waals surface area contributed by atoms with Crippen LogP contribution in [0.15, 0.2) is 30.3 Å². The predicted octanol–water partition coefficient (Wildman–Crippen LogP) is 3.65. The molecule has 0 N–H and O–H groups in total. The molecule has 1 unspecified atom stereocenters. The van der Waals surface area contributed by atoms with Gasteiger partial charge in [-0.3, -0.25) is 0 Å². The lowest BCUT2D eigenvalue weighted by molar-refractivity contribution is 0.911. The summed E-state index contributed by atoms with van der Waals surface area (Å²) in [5.41, 5.74) is 1.14. The first kappa shape index (κ1) is 11.5. The molecule has 0 saturated heterocycles. The zero-order valence-corrected chi connectivity index (χ0v) is 9.98. The Hall–Kier alpha value is -0.590. The van der Waals surface area contributed by atoms with E-state index in [1.165, 1.54) is 0 Å². The lowest BCUT2D eigenvalue weighted by Gasteiger charge is -2.19. The van der Waals surface area contributed by atoms with Crippen molar-refractivity contribution in [3.05, 3.63) is 35.9 Å². The first-order valence-electron chi connectivity index (χ1n) is 4.37. The summed E-state index contributed by atoms with van der Waals surface area (Å²) in [6.07, 6.45) is 0. The third-order valence-corrected chi connectivity index (χ3v) is 3.55. The molecule has 0 heterocycles. The summed E-state index contributed by atoms with van der Waals surface area (Å²) < 4.78 is -0.326. The highest BCUT2D eigenvalue weighted by Gasteiger charge is 2.22. The molecule has 0 aliphatic heterocycles. The third kappa shape index (κ3) is 3.28. The fraction of sp³-hybridized carbons (Fsp3) is 0.364. The van der Waals surface area contributed by atoms with E-state index in [0.717, 1.165) is 5.56 Å².